The van der Waals surface area contributed by atoms with Gasteiger partial charge in [-0.15, -0.1) is 0 Å². The van der Waals surface area contributed by atoms with Gasteiger partial charge in [-0.3, -0.25) is 9.59 Å². The Hall–Kier alpha value is -2.85. The summed E-state index contributed by atoms with van der Waals surface area (Å²) in [6.07, 6.45) is 1.61. The maximum atomic E-state index is 13.7. The molecule has 0 aliphatic heterocycles. The molecule has 7 nitrogen and oxygen atoms in total. The highest BCUT2D eigenvalue weighted by molar-refractivity contribution is 7.89. The zero-order chi connectivity index (χ0) is 21.9. The van der Waals surface area contributed by atoms with Crippen LogP contribution in [0.1, 0.15) is 30.1 Å². The standard InChI is InChI=1S/C20H21F2N3O4S/c1-2-25(12-18(26)23-19-16(21)4-3-5-17(19)22)20(27)13-6-10-15(11-7-13)30(28,29)24-14-8-9-14/h3-7,10-11,14,24H,2,8-9,12H2,1H3,(H,23,26). The Labute approximate surface area is 173 Å². The van der Waals surface area contributed by atoms with Crippen LogP contribution >= 0.6 is 0 Å². The first kappa shape index (κ1) is 21.8. The summed E-state index contributed by atoms with van der Waals surface area (Å²) in [6, 6.07) is 8.52. The van der Waals surface area contributed by atoms with Crippen LogP contribution < -0.4 is 10.0 Å². The molecule has 10 heteroatoms. The number of carbonyl (C=O) groups is 2. The Morgan fingerprint density at radius 3 is 2.20 bits per heavy atom. The molecule has 0 radical (unpaired) electrons. The smallest absolute Gasteiger partial charge is 0.254 e. The Morgan fingerprint density at radius 1 is 1.07 bits per heavy atom. The molecule has 0 bridgehead atoms. The summed E-state index contributed by atoms with van der Waals surface area (Å²) in [5, 5.41) is 2.13. The molecule has 1 fully saturated rings. The molecule has 2 N–H and O–H groups in total. The number of sulfonamides is 1. The molecule has 160 valence electrons. The lowest BCUT2D eigenvalue weighted by molar-refractivity contribution is -0.116. The van der Waals surface area contributed by atoms with E-state index in [-0.39, 0.29) is 23.0 Å². The Morgan fingerprint density at radius 2 is 1.67 bits per heavy atom. The Kier molecular flexibility index (Phi) is 6.47. The number of nitrogens with one attached hydrogen (secondary N) is 2. The second kappa shape index (κ2) is 8.88. The van der Waals surface area contributed by atoms with E-state index in [2.05, 4.69) is 10.0 Å². The van der Waals surface area contributed by atoms with Crippen molar-refractivity contribution < 1.29 is 26.8 Å². The average molecular weight is 437 g/mol. The van der Waals surface area contributed by atoms with E-state index in [0.29, 0.717) is 0 Å². The fraction of sp³-hybridized carbons (Fsp3) is 0.300. The van der Waals surface area contributed by atoms with E-state index in [1.807, 2.05) is 0 Å². The van der Waals surface area contributed by atoms with Crippen molar-refractivity contribution in [1.29, 1.82) is 0 Å². The minimum atomic E-state index is -3.64. The van der Waals surface area contributed by atoms with Crippen molar-refractivity contribution in [2.45, 2.75) is 30.7 Å². The van der Waals surface area contributed by atoms with Gasteiger partial charge in [0.2, 0.25) is 15.9 Å². The van der Waals surface area contributed by atoms with Crippen molar-refractivity contribution in [3.63, 3.8) is 0 Å². The monoisotopic (exact) mass is 437 g/mol. The lowest BCUT2D eigenvalue weighted by atomic mass is 10.2. The third-order valence-electron chi connectivity index (χ3n) is 4.54. The molecule has 0 heterocycles. The van der Waals surface area contributed by atoms with Gasteiger partial charge in [-0.2, -0.15) is 0 Å². The summed E-state index contributed by atoms with van der Waals surface area (Å²) >= 11 is 0. The average Bonchev–Trinajstić information content (AvgIpc) is 3.52. The third-order valence-corrected chi connectivity index (χ3v) is 6.08. The largest absolute Gasteiger partial charge is 0.330 e. The van der Waals surface area contributed by atoms with Crippen LogP contribution in [0.2, 0.25) is 0 Å². The SMILES string of the molecule is CCN(CC(=O)Nc1c(F)cccc1F)C(=O)c1ccc(S(=O)(=O)NC2CC2)cc1. The summed E-state index contributed by atoms with van der Waals surface area (Å²) in [4.78, 5) is 26.1. The van der Waals surface area contributed by atoms with Gasteiger partial charge in [0.05, 0.1) is 4.90 Å². The van der Waals surface area contributed by atoms with Crippen LogP contribution in [-0.4, -0.2) is 44.3 Å². The zero-order valence-electron chi connectivity index (χ0n) is 16.2. The van der Waals surface area contributed by atoms with Crippen LogP contribution in [0.5, 0.6) is 0 Å². The molecule has 0 atom stereocenters. The first-order chi connectivity index (χ1) is 14.2. The van der Waals surface area contributed by atoms with Crippen LogP contribution in [0.4, 0.5) is 14.5 Å². The van der Waals surface area contributed by atoms with E-state index in [0.717, 1.165) is 25.0 Å². The first-order valence-corrected chi connectivity index (χ1v) is 10.8. The number of likely N-dealkylation sites (N-methyl/N-ethyl adjacent to an activating group) is 1. The number of anilines is 1. The predicted octanol–water partition coefficient (Wildman–Crippen LogP) is 2.51. The third kappa shape index (κ3) is 5.19. The van der Waals surface area contributed by atoms with E-state index in [4.69, 9.17) is 0 Å². The second-order valence-electron chi connectivity index (χ2n) is 6.88. The molecule has 0 unspecified atom stereocenters. The number of para-hydroxylation sites is 1. The molecule has 1 saturated carbocycles. The maximum Gasteiger partial charge on any atom is 0.254 e. The quantitative estimate of drug-likeness (QED) is 0.663. The van der Waals surface area contributed by atoms with Crippen molar-refractivity contribution in [3.05, 3.63) is 59.7 Å². The van der Waals surface area contributed by atoms with Gasteiger partial charge in [0.1, 0.15) is 23.9 Å². The fourth-order valence-electron chi connectivity index (χ4n) is 2.74. The van der Waals surface area contributed by atoms with Gasteiger partial charge >= 0.3 is 0 Å². The molecule has 3 rings (SSSR count). The second-order valence-corrected chi connectivity index (χ2v) is 8.60. The zero-order valence-corrected chi connectivity index (χ0v) is 17.0. The number of hydrogen-bond acceptors (Lipinski definition) is 4. The van der Waals surface area contributed by atoms with Gasteiger partial charge in [-0.05, 0) is 56.2 Å². The van der Waals surface area contributed by atoms with Crippen molar-refractivity contribution in [2.24, 2.45) is 0 Å². The summed E-state index contributed by atoms with van der Waals surface area (Å²) in [6.45, 7) is 1.38. The number of benzene rings is 2. The van der Waals surface area contributed by atoms with Crippen LogP contribution in [0.25, 0.3) is 0 Å². The number of carbonyl (C=O) groups excluding carboxylic acids is 2. The highest BCUT2D eigenvalue weighted by atomic mass is 32.2. The summed E-state index contributed by atoms with van der Waals surface area (Å²) in [7, 11) is -3.64. The van der Waals surface area contributed by atoms with Crippen molar-refractivity contribution in [1.82, 2.24) is 9.62 Å². The van der Waals surface area contributed by atoms with Crippen LogP contribution in [-0.2, 0) is 14.8 Å². The van der Waals surface area contributed by atoms with Gasteiger partial charge in [0, 0.05) is 18.2 Å². The highest BCUT2D eigenvalue weighted by Gasteiger charge is 2.28. The molecule has 2 amide bonds. The molecule has 1 aliphatic carbocycles. The molecule has 2 aromatic rings. The topological polar surface area (TPSA) is 95.6 Å². The van der Waals surface area contributed by atoms with Gasteiger partial charge in [0.15, 0.2) is 0 Å². The van der Waals surface area contributed by atoms with Crippen molar-refractivity contribution in [3.8, 4) is 0 Å². The van der Waals surface area contributed by atoms with Crippen LogP contribution in [0.15, 0.2) is 47.4 Å². The van der Waals surface area contributed by atoms with E-state index >= 15 is 0 Å². The highest BCUT2D eigenvalue weighted by Crippen LogP contribution is 2.22. The van der Waals surface area contributed by atoms with E-state index in [9.17, 15) is 26.8 Å². The van der Waals surface area contributed by atoms with Gasteiger partial charge in [-0.1, -0.05) is 6.07 Å². The lowest BCUT2D eigenvalue weighted by Gasteiger charge is -2.20. The number of nitrogens with zero attached hydrogens (tertiary/aromatic N) is 1. The van der Waals surface area contributed by atoms with E-state index in [1.54, 1.807) is 6.92 Å². The Balaban J connectivity index is 1.67. The molecule has 0 saturated heterocycles. The minimum absolute atomic E-state index is 0.0373. The number of amides is 2. The van der Waals surface area contributed by atoms with Crippen molar-refractivity contribution >= 4 is 27.5 Å². The fourth-order valence-corrected chi connectivity index (χ4v) is 4.05. The van der Waals surface area contributed by atoms with E-state index < -0.39 is 45.7 Å². The Bertz CT molecular complexity index is 1030. The van der Waals surface area contributed by atoms with Gasteiger partial charge in [0.25, 0.3) is 5.91 Å². The van der Waals surface area contributed by atoms with Crippen LogP contribution in [0.3, 0.4) is 0 Å². The molecule has 0 spiro atoms. The summed E-state index contributed by atoms with van der Waals surface area (Å²) < 4.78 is 54.3. The minimum Gasteiger partial charge on any atom is -0.330 e. The maximum absolute atomic E-state index is 13.7. The molecular weight excluding hydrogens is 416 g/mol. The molecule has 1 aliphatic rings. The van der Waals surface area contributed by atoms with E-state index in [1.165, 1.54) is 35.2 Å². The normalized spacial score (nSPS) is 13.7. The molecule has 2 aromatic carbocycles. The summed E-state index contributed by atoms with van der Waals surface area (Å²) in [5.41, 5.74) is -0.393. The van der Waals surface area contributed by atoms with Crippen molar-refractivity contribution in [2.75, 3.05) is 18.4 Å². The van der Waals surface area contributed by atoms with Gasteiger partial charge < -0.3 is 10.2 Å². The molecular formula is C20H21F2N3O4S. The molecule has 30 heavy (non-hydrogen) atoms. The lowest BCUT2D eigenvalue weighted by Crippen LogP contribution is -2.38. The van der Waals surface area contributed by atoms with Gasteiger partial charge in [-0.25, -0.2) is 21.9 Å². The summed E-state index contributed by atoms with van der Waals surface area (Å²) in [5.74, 6) is -3.12. The molecule has 0 aromatic heterocycles. The number of halogens is 2. The first-order valence-electron chi connectivity index (χ1n) is 9.37. The predicted molar refractivity (Wildman–Crippen MR) is 106 cm³/mol. The number of rotatable bonds is 8. The number of hydrogen-bond donors (Lipinski definition) is 2. The van der Waals surface area contributed by atoms with Crippen LogP contribution in [0, 0.1) is 11.6 Å².